The lowest BCUT2D eigenvalue weighted by Gasteiger charge is -2.02. The topological polar surface area (TPSA) is 46.4 Å². The number of aromatic nitrogens is 2. The zero-order chi connectivity index (χ0) is 14.7. The first-order chi connectivity index (χ1) is 10.2. The Bertz CT molecular complexity index is 800. The largest absolute Gasteiger partial charge is 0.323 e. The van der Waals surface area contributed by atoms with Crippen LogP contribution in [-0.4, -0.2) is 15.3 Å². The maximum absolute atomic E-state index is 11.9. The molecule has 4 nitrogen and oxygen atoms in total. The third-order valence-electron chi connectivity index (χ3n) is 3.17. The summed E-state index contributed by atoms with van der Waals surface area (Å²) in [6.07, 6.45) is 6.92. The number of rotatable bonds is 3. The number of amides is 1. The Balaban J connectivity index is 1.73. The molecule has 21 heavy (non-hydrogen) atoms. The Kier molecular flexibility index (Phi) is 3.51. The third-order valence-corrected chi connectivity index (χ3v) is 3.17. The zero-order valence-electron chi connectivity index (χ0n) is 11.7. The number of anilines is 1. The summed E-state index contributed by atoms with van der Waals surface area (Å²) in [5.41, 5.74) is 3.67. The van der Waals surface area contributed by atoms with Crippen molar-refractivity contribution in [2.75, 3.05) is 5.32 Å². The van der Waals surface area contributed by atoms with Gasteiger partial charge in [0.15, 0.2) is 0 Å². The fraction of sp³-hybridized carbons (Fsp3) is 0.0588. The van der Waals surface area contributed by atoms with Crippen molar-refractivity contribution in [1.29, 1.82) is 0 Å². The molecule has 0 radical (unpaired) electrons. The quantitative estimate of drug-likeness (QED) is 0.747. The summed E-state index contributed by atoms with van der Waals surface area (Å²) in [5.74, 6) is -0.162. The second-order valence-corrected chi connectivity index (χ2v) is 4.80. The fourth-order valence-electron chi connectivity index (χ4n) is 2.06. The Labute approximate surface area is 122 Å². The molecule has 0 aliphatic heterocycles. The van der Waals surface area contributed by atoms with Crippen LogP contribution in [0.25, 0.3) is 11.7 Å². The van der Waals surface area contributed by atoms with Crippen LogP contribution in [0.4, 0.5) is 5.69 Å². The molecule has 4 heteroatoms. The van der Waals surface area contributed by atoms with Gasteiger partial charge in [-0.25, -0.2) is 4.98 Å². The predicted molar refractivity (Wildman–Crippen MR) is 84.0 cm³/mol. The Morgan fingerprint density at radius 1 is 1.19 bits per heavy atom. The average Bonchev–Trinajstić information content (AvgIpc) is 2.91. The van der Waals surface area contributed by atoms with Gasteiger partial charge in [-0.2, -0.15) is 0 Å². The molecule has 3 rings (SSSR count). The average molecular weight is 277 g/mol. The van der Waals surface area contributed by atoms with Crippen LogP contribution in [0.5, 0.6) is 0 Å². The normalized spacial score (nSPS) is 11.1. The van der Waals surface area contributed by atoms with Crippen molar-refractivity contribution in [3.63, 3.8) is 0 Å². The molecule has 0 saturated heterocycles. The second kappa shape index (κ2) is 5.63. The Morgan fingerprint density at radius 2 is 2.00 bits per heavy atom. The molecule has 1 aromatic carbocycles. The number of carbonyl (C=O) groups excluding carboxylic acids is 1. The molecule has 1 N–H and O–H groups in total. The van der Waals surface area contributed by atoms with Crippen molar-refractivity contribution in [3.8, 4) is 0 Å². The highest BCUT2D eigenvalue weighted by atomic mass is 16.1. The van der Waals surface area contributed by atoms with Crippen LogP contribution in [0.3, 0.4) is 0 Å². The van der Waals surface area contributed by atoms with Gasteiger partial charge in [0.2, 0.25) is 5.91 Å². The first kappa shape index (κ1) is 13.1. The second-order valence-electron chi connectivity index (χ2n) is 4.80. The summed E-state index contributed by atoms with van der Waals surface area (Å²) in [5, 5.41) is 2.82. The van der Waals surface area contributed by atoms with Gasteiger partial charge in [-0.15, -0.1) is 0 Å². The highest BCUT2D eigenvalue weighted by Gasteiger charge is 2.00. The van der Waals surface area contributed by atoms with Gasteiger partial charge in [0.05, 0.1) is 11.9 Å². The van der Waals surface area contributed by atoms with E-state index in [1.807, 2.05) is 60.0 Å². The van der Waals surface area contributed by atoms with E-state index in [0.29, 0.717) is 0 Å². The van der Waals surface area contributed by atoms with Crippen LogP contribution in [0.15, 0.2) is 60.9 Å². The standard InChI is InChI=1S/C17H15N3O/c1-13-5-7-14(8-6-13)19-17(21)10-9-15-12-18-16-4-2-3-11-20(15)16/h2-12H,1H3,(H,19,21)/b10-9+. The van der Waals surface area contributed by atoms with E-state index in [1.165, 1.54) is 6.08 Å². The van der Waals surface area contributed by atoms with Gasteiger partial charge in [-0.1, -0.05) is 23.8 Å². The van der Waals surface area contributed by atoms with Crippen LogP contribution >= 0.6 is 0 Å². The minimum absolute atomic E-state index is 0.162. The maximum Gasteiger partial charge on any atom is 0.248 e. The summed E-state index contributed by atoms with van der Waals surface area (Å²) in [6, 6.07) is 13.5. The zero-order valence-corrected chi connectivity index (χ0v) is 11.7. The summed E-state index contributed by atoms with van der Waals surface area (Å²) in [4.78, 5) is 16.2. The molecule has 0 aliphatic rings. The maximum atomic E-state index is 11.9. The molecule has 0 unspecified atom stereocenters. The van der Waals surface area contributed by atoms with Gasteiger partial charge < -0.3 is 9.72 Å². The first-order valence-electron chi connectivity index (χ1n) is 6.70. The van der Waals surface area contributed by atoms with Crippen LogP contribution in [0.1, 0.15) is 11.3 Å². The van der Waals surface area contributed by atoms with Crippen LogP contribution in [0.2, 0.25) is 0 Å². The van der Waals surface area contributed by atoms with E-state index in [4.69, 9.17) is 0 Å². The van der Waals surface area contributed by atoms with E-state index < -0.39 is 0 Å². The SMILES string of the molecule is Cc1ccc(NC(=O)/C=C/c2cnc3ccccn23)cc1. The summed E-state index contributed by atoms with van der Waals surface area (Å²) < 4.78 is 1.93. The van der Waals surface area contributed by atoms with Crippen molar-refractivity contribution in [2.45, 2.75) is 6.92 Å². The van der Waals surface area contributed by atoms with Gasteiger partial charge >= 0.3 is 0 Å². The van der Waals surface area contributed by atoms with Crippen molar-refractivity contribution in [3.05, 3.63) is 72.2 Å². The molecule has 0 spiro atoms. The molecule has 3 aromatic rings. The Morgan fingerprint density at radius 3 is 2.81 bits per heavy atom. The summed E-state index contributed by atoms with van der Waals surface area (Å²) >= 11 is 0. The van der Waals surface area contributed by atoms with E-state index in [0.717, 1.165) is 22.6 Å². The first-order valence-corrected chi connectivity index (χ1v) is 6.70. The van der Waals surface area contributed by atoms with Crippen molar-refractivity contribution in [2.24, 2.45) is 0 Å². The van der Waals surface area contributed by atoms with Crippen LogP contribution in [0, 0.1) is 6.92 Å². The van der Waals surface area contributed by atoms with E-state index >= 15 is 0 Å². The number of hydrogen-bond acceptors (Lipinski definition) is 2. The number of aryl methyl sites for hydroxylation is 1. The number of imidazole rings is 1. The molecule has 1 amide bonds. The lowest BCUT2D eigenvalue weighted by atomic mass is 10.2. The molecule has 2 aromatic heterocycles. The van der Waals surface area contributed by atoms with Crippen molar-refractivity contribution in [1.82, 2.24) is 9.38 Å². The molecular formula is C17H15N3O. The number of hydrogen-bond donors (Lipinski definition) is 1. The fourth-order valence-corrected chi connectivity index (χ4v) is 2.06. The van der Waals surface area contributed by atoms with Gasteiger partial charge in [-0.05, 0) is 37.3 Å². The van der Waals surface area contributed by atoms with Crippen LogP contribution in [-0.2, 0) is 4.79 Å². The van der Waals surface area contributed by atoms with Gasteiger partial charge in [0, 0.05) is 18.0 Å². The molecule has 104 valence electrons. The number of benzene rings is 1. The van der Waals surface area contributed by atoms with Crippen molar-refractivity contribution >= 4 is 23.3 Å². The number of pyridine rings is 1. The lowest BCUT2D eigenvalue weighted by molar-refractivity contribution is -0.111. The van der Waals surface area contributed by atoms with E-state index in [-0.39, 0.29) is 5.91 Å². The molecule has 0 fully saturated rings. The highest BCUT2D eigenvalue weighted by Crippen LogP contribution is 2.10. The van der Waals surface area contributed by atoms with Crippen molar-refractivity contribution < 1.29 is 4.79 Å². The smallest absolute Gasteiger partial charge is 0.248 e. The number of nitrogens with zero attached hydrogens (tertiary/aromatic N) is 2. The van der Waals surface area contributed by atoms with E-state index in [1.54, 1.807) is 12.3 Å². The Hall–Kier alpha value is -2.88. The van der Waals surface area contributed by atoms with Crippen LogP contribution < -0.4 is 5.32 Å². The van der Waals surface area contributed by atoms with E-state index in [9.17, 15) is 4.79 Å². The molecule has 2 heterocycles. The van der Waals surface area contributed by atoms with Gasteiger partial charge in [0.25, 0.3) is 0 Å². The lowest BCUT2D eigenvalue weighted by Crippen LogP contribution is -2.07. The summed E-state index contributed by atoms with van der Waals surface area (Å²) in [6.45, 7) is 2.01. The minimum Gasteiger partial charge on any atom is -0.323 e. The number of carbonyl (C=O) groups is 1. The predicted octanol–water partition coefficient (Wildman–Crippen LogP) is 3.29. The number of fused-ring (bicyclic) bond motifs is 1. The molecular weight excluding hydrogens is 262 g/mol. The van der Waals surface area contributed by atoms with E-state index in [2.05, 4.69) is 10.3 Å². The molecule has 0 saturated carbocycles. The monoisotopic (exact) mass is 277 g/mol. The van der Waals surface area contributed by atoms with Gasteiger partial charge in [-0.3, -0.25) is 4.79 Å². The molecule has 0 bridgehead atoms. The third kappa shape index (κ3) is 3.00. The molecule has 0 atom stereocenters. The molecule has 0 aliphatic carbocycles. The highest BCUT2D eigenvalue weighted by molar-refractivity contribution is 6.01. The van der Waals surface area contributed by atoms with Gasteiger partial charge in [0.1, 0.15) is 5.65 Å². The number of nitrogens with one attached hydrogen (secondary N) is 1. The summed E-state index contributed by atoms with van der Waals surface area (Å²) in [7, 11) is 0. The minimum atomic E-state index is -0.162.